The van der Waals surface area contributed by atoms with Crippen LogP contribution < -0.4 is 16.0 Å². The highest BCUT2D eigenvalue weighted by atomic mass is 31.2. The zero-order valence-electron chi connectivity index (χ0n) is 40.7. The third kappa shape index (κ3) is 22.1. The molecule has 0 saturated carbocycles. The van der Waals surface area contributed by atoms with Gasteiger partial charge in [-0.25, -0.2) is 4.57 Å². The topological polar surface area (TPSA) is 132 Å². The van der Waals surface area contributed by atoms with Crippen molar-refractivity contribution in [1.29, 1.82) is 0 Å². The first-order valence-electron chi connectivity index (χ1n) is 24.5. The molecule has 20 heteroatoms. The molecule has 0 aliphatic rings. The van der Waals surface area contributed by atoms with E-state index in [0.29, 0.717) is 38.5 Å². The Kier molecular flexibility index (Phi) is 26.2. The summed E-state index contributed by atoms with van der Waals surface area (Å²) in [6.45, 7) is 2.70. The van der Waals surface area contributed by atoms with E-state index in [4.69, 9.17) is 13.6 Å². The summed E-state index contributed by atoms with van der Waals surface area (Å²) in [7, 11) is -5.44. The first-order valence-corrected chi connectivity index (χ1v) is 26.0. The summed E-state index contributed by atoms with van der Waals surface area (Å²) in [5.41, 5.74) is -5.19. The van der Waals surface area contributed by atoms with E-state index in [2.05, 4.69) is 16.0 Å². The van der Waals surface area contributed by atoms with Crippen molar-refractivity contribution < 1.29 is 72.0 Å². The van der Waals surface area contributed by atoms with Gasteiger partial charge in [0.25, 0.3) is 0 Å². The quantitative estimate of drug-likeness (QED) is 0.0314. The molecule has 0 aromatic heterocycles. The van der Waals surface area contributed by atoms with Crippen molar-refractivity contribution in [2.45, 2.75) is 173 Å². The van der Waals surface area contributed by atoms with Crippen LogP contribution in [0.15, 0.2) is 72.8 Å². The Morgan fingerprint density at radius 3 is 0.901 bits per heavy atom. The van der Waals surface area contributed by atoms with Crippen LogP contribution in [0.5, 0.6) is 0 Å². The zero-order valence-corrected chi connectivity index (χ0v) is 41.6. The molecule has 3 aromatic rings. The summed E-state index contributed by atoms with van der Waals surface area (Å²) < 4.78 is 163. The number of phosphoric acid groups is 1. The summed E-state index contributed by atoms with van der Waals surface area (Å²) in [5, 5.41) is 7.49. The molecule has 398 valence electrons. The van der Waals surface area contributed by atoms with Gasteiger partial charge in [0.2, 0.25) is 17.7 Å². The first-order chi connectivity index (χ1) is 33.6. The average molecular weight is 1040 g/mol. The Bertz CT molecular complexity index is 1890. The van der Waals surface area contributed by atoms with Crippen LogP contribution >= 0.6 is 7.82 Å². The normalized spacial score (nSPS) is 14.3. The lowest BCUT2D eigenvalue weighted by Gasteiger charge is -2.29. The van der Waals surface area contributed by atoms with E-state index in [-0.39, 0.29) is 19.3 Å². The smallest absolute Gasteiger partial charge is 0.347 e. The fourth-order valence-corrected chi connectivity index (χ4v) is 9.10. The van der Waals surface area contributed by atoms with Crippen LogP contribution in [-0.4, -0.2) is 37.5 Å². The molecular weight excluding hydrogens is 969 g/mol. The number of amides is 3. The van der Waals surface area contributed by atoms with Crippen molar-refractivity contribution in [1.82, 2.24) is 16.0 Å². The Morgan fingerprint density at radius 2 is 0.662 bits per heavy atom. The van der Waals surface area contributed by atoms with Crippen molar-refractivity contribution in [2.75, 3.05) is 19.8 Å². The molecule has 3 unspecified atom stereocenters. The highest BCUT2D eigenvalue weighted by molar-refractivity contribution is 7.48. The molecule has 3 atom stereocenters. The molecule has 0 radical (unpaired) electrons. The predicted molar refractivity (Wildman–Crippen MR) is 253 cm³/mol. The van der Waals surface area contributed by atoms with Crippen LogP contribution in [0.3, 0.4) is 0 Å². The van der Waals surface area contributed by atoms with Crippen molar-refractivity contribution in [3.8, 4) is 0 Å². The largest absolute Gasteiger partial charge is 0.475 e. The number of carbonyl (C=O) groups excluding carboxylic acids is 3. The number of carbonyl (C=O) groups is 3. The Morgan fingerprint density at radius 1 is 0.423 bits per heavy atom. The number of hydrogen-bond donors (Lipinski definition) is 3. The van der Waals surface area contributed by atoms with E-state index >= 15 is 4.57 Å². The Labute approximate surface area is 411 Å². The van der Waals surface area contributed by atoms with Crippen molar-refractivity contribution in [3.05, 3.63) is 106 Å². The second-order valence-corrected chi connectivity index (χ2v) is 19.1. The van der Waals surface area contributed by atoms with Crippen molar-refractivity contribution in [2.24, 2.45) is 0 Å². The van der Waals surface area contributed by atoms with Crippen molar-refractivity contribution in [3.63, 3.8) is 0 Å². The number of phosphoric ester groups is 1. The van der Waals surface area contributed by atoms with Crippen LogP contribution in [0.25, 0.3) is 0 Å². The number of benzene rings is 3. The molecular formula is C51H69F9N3O7P. The lowest BCUT2D eigenvalue weighted by molar-refractivity contribution is -0.139. The van der Waals surface area contributed by atoms with Gasteiger partial charge in [0.05, 0.1) is 54.6 Å². The van der Waals surface area contributed by atoms with Gasteiger partial charge >= 0.3 is 26.4 Å². The Balaban J connectivity index is 2.14. The molecule has 3 aromatic carbocycles. The minimum Gasteiger partial charge on any atom is -0.347 e. The molecule has 3 N–H and O–H groups in total. The van der Waals surface area contributed by atoms with Crippen LogP contribution in [0.4, 0.5) is 39.5 Å². The second kappa shape index (κ2) is 30.6. The molecule has 0 aliphatic carbocycles. The summed E-state index contributed by atoms with van der Waals surface area (Å²) in [6, 6.07) is 7.30. The van der Waals surface area contributed by atoms with E-state index in [0.717, 1.165) is 112 Å². The Hall–Kier alpha value is -4.45. The third-order valence-electron chi connectivity index (χ3n) is 11.7. The highest BCUT2D eigenvalue weighted by Gasteiger charge is 2.41. The highest BCUT2D eigenvalue weighted by Crippen LogP contribution is 2.52. The van der Waals surface area contributed by atoms with Gasteiger partial charge in [-0.1, -0.05) is 152 Å². The predicted octanol–water partition coefficient (Wildman–Crippen LogP) is 14.9. The van der Waals surface area contributed by atoms with Gasteiger partial charge in [0.15, 0.2) is 0 Å². The molecule has 3 rings (SSSR count). The van der Waals surface area contributed by atoms with E-state index in [1.54, 1.807) is 0 Å². The maximum absolute atomic E-state index is 15.1. The van der Waals surface area contributed by atoms with E-state index < -0.39 is 115 Å². The molecule has 3 amide bonds. The maximum atomic E-state index is 15.1. The van der Waals surface area contributed by atoms with Gasteiger partial charge in [0, 0.05) is 19.3 Å². The molecule has 71 heavy (non-hydrogen) atoms. The fraction of sp³-hybridized carbons (Fsp3) is 0.588. The third-order valence-corrected chi connectivity index (χ3v) is 13.0. The number of unbranched alkanes of at least 4 members (excludes halogenated alkanes) is 12. The minimum atomic E-state index is -5.44. The molecule has 10 nitrogen and oxygen atoms in total. The molecule has 0 bridgehead atoms. The minimum absolute atomic E-state index is 0.115. The maximum Gasteiger partial charge on any atom is 0.475 e. The summed E-state index contributed by atoms with van der Waals surface area (Å²) in [4.78, 5) is 40.0. The van der Waals surface area contributed by atoms with Crippen LogP contribution in [-0.2, 0) is 51.0 Å². The molecule has 0 aliphatic heterocycles. The lowest BCUT2D eigenvalue weighted by atomic mass is 10.00. The van der Waals surface area contributed by atoms with E-state index in [9.17, 15) is 53.9 Å². The van der Waals surface area contributed by atoms with Crippen molar-refractivity contribution >= 4 is 25.5 Å². The van der Waals surface area contributed by atoms with Gasteiger partial charge in [-0.3, -0.25) is 28.0 Å². The molecule has 0 spiro atoms. The molecule has 0 heterocycles. The van der Waals surface area contributed by atoms with Gasteiger partial charge < -0.3 is 16.0 Å². The van der Waals surface area contributed by atoms with E-state index in [1.807, 2.05) is 20.8 Å². The SMILES string of the molecule is CCCCCCCC(=O)NC(COP(=O)(OCC(NC(=O)CCCCCCC)c1ccccc1C(F)(F)F)OCC(NC(=O)CCCCCCC)c1ccccc1C(F)(F)F)c1ccccc1C(F)(F)F. The summed E-state index contributed by atoms with van der Waals surface area (Å²) in [6.07, 6.45) is -4.42. The number of nitrogens with one attached hydrogen (secondary N) is 3. The van der Waals surface area contributed by atoms with Crippen LogP contribution in [0, 0.1) is 0 Å². The number of rotatable bonds is 33. The fourth-order valence-electron chi connectivity index (χ4n) is 7.88. The lowest BCUT2D eigenvalue weighted by Crippen LogP contribution is -2.34. The second-order valence-electron chi connectivity index (χ2n) is 17.4. The van der Waals surface area contributed by atoms with Gasteiger partial charge in [-0.2, -0.15) is 39.5 Å². The molecule has 0 saturated heterocycles. The first kappa shape index (κ1) is 60.9. The number of halogens is 9. The number of alkyl halides is 9. The summed E-state index contributed by atoms with van der Waals surface area (Å²) >= 11 is 0. The van der Waals surface area contributed by atoms with Gasteiger partial charge in [0.1, 0.15) is 0 Å². The molecule has 0 fully saturated rings. The zero-order chi connectivity index (χ0) is 52.5. The van der Waals surface area contributed by atoms with Gasteiger partial charge in [-0.15, -0.1) is 0 Å². The standard InChI is InChI=1S/C51H69F9N3O7P/c1-4-7-10-13-16-31-46(64)61-43(37-25-19-22-28-40(37)49(52,53)54)34-68-71(67,69-35-44(62-47(65)32-17-14-11-8-5-2)38-26-20-23-29-41(38)50(55,56)57)70-36-45(63-48(66)33-18-15-12-9-6-3)39-27-21-24-30-42(39)51(58,59)60/h19-30,43-45H,4-18,31-36H2,1-3H3,(H,61,64)(H,62,65)(H,63,66). The van der Waals surface area contributed by atoms with Crippen LogP contribution in [0.1, 0.15) is 188 Å². The summed E-state index contributed by atoms with van der Waals surface area (Å²) in [5.74, 6) is -2.11. The van der Waals surface area contributed by atoms with Crippen LogP contribution in [0.2, 0.25) is 0 Å². The van der Waals surface area contributed by atoms with E-state index in [1.165, 1.54) is 18.2 Å². The average Bonchev–Trinajstić information content (AvgIpc) is 3.32. The monoisotopic (exact) mass is 1040 g/mol. The van der Waals surface area contributed by atoms with Gasteiger partial charge in [-0.05, 0) is 54.2 Å². The number of hydrogen-bond acceptors (Lipinski definition) is 7.